The van der Waals surface area contributed by atoms with E-state index < -0.39 is 0 Å². The number of aromatic amines is 1. The molecule has 0 spiro atoms. The molecular formula is C21H35IN8O2. The van der Waals surface area contributed by atoms with E-state index in [1.807, 2.05) is 12.1 Å². The summed E-state index contributed by atoms with van der Waals surface area (Å²) in [6.07, 6.45) is 5.21. The number of carbonyl (C=O) groups excluding carboxylic acids is 1. The molecule has 11 heteroatoms. The number of halogens is 1. The number of carbonyl (C=O) groups is 1. The first-order valence-corrected chi connectivity index (χ1v) is 11.2. The highest BCUT2D eigenvalue weighted by atomic mass is 127. The molecule has 0 aromatic carbocycles. The molecule has 32 heavy (non-hydrogen) atoms. The highest BCUT2D eigenvalue weighted by molar-refractivity contribution is 14.0. The molecule has 0 aliphatic carbocycles. The molecule has 2 aromatic rings. The lowest BCUT2D eigenvalue weighted by Crippen LogP contribution is -2.50. The molecule has 10 nitrogen and oxygen atoms in total. The van der Waals surface area contributed by atoms with E-state index in [9.17, 15) is 4.79 Å². The molecule has 178 valence electrons. The normalized spacial score (nSPS) is 15.2. The van der Waals surface area contributed by atoms with Gasteiger partial charge in [0.25, 0.3) is 0 Å². The van der Waals surface area contributed by atoms with E-state index in [1.54, 1.807) is 6.26 Å². The van der Waals surface area contributed by atoms with Crippen LogP contribution in [0.2, 0.25) is 0 Å². The van der Waals surface area contributed by atoms with Crippen molar-refractivity contribution in [3.05, 3.63) is 24.2 Å². The highest BCUT2D eigenvalue weighted by Crippen LogP contribution is 2.14. The van der Waals surface area contributed by atoms with Crippen LogP contribution in [0.15, 0.2) is 27.8 Å². The zero-order valence-corrected chi connectivity index (χ0v) is 21.2. The van der Waals surface area contributed by atoms with Gasteiger partial charge in [-0.1, -0.05) is 6.92 Å². The number of aromatic nitrogens is 3. The Bertz CT molecular complexity index is 816. The average Bonchev–Trinajstić information content (AvgIpc) is 3.46. The molecular weight excluding hydrogens is 523 g/mol. The number of furan rings is 1. The molecule has 4 N–H and O–H groups in total. The molecule has 0 radical (unpaired) electrons. The molecule has 1 fully saturated rings. The number of H-pyrrole nitrogens is 1. The van der Waals surface area contributed by atoms with Crippen LogP contribution in [0.1, 0.15) is 38.9 Å². The number of aliphatic imine (C=N–C) groups is 1. The number of nitrogens with zero attached hydrogens (tertiary/aromatic N) is 4. The fourth-order valence-electron chi connectivity index (χ4n) is 3.47. The Labute approximate surface area is 206 Å². The van der Waals surface area contributed by atoms with Crippen molar-refractivity contribution in [1.29, 1.82) is 0 Å². The minimum atomic E-state index is 0. The van der Waals surface area contributed by atoms with E-state index in [2.05, 4.69) is 54.9 Å². The van der Waals surface area contributed by atoms with Crippen LogP contribution in [0.3, 0.4) is 0 Å². The molecule has 0 bridgehead atoms. The number of rotatable bonds is 10. The number of amides is 1. The number of piperidine rings is 1. The fraction of sp³-hybridized carbons (Fsp3) is 0.619. The lowest BCUT2D eigenvalue weighted by atomic mass is 10.1. The van der Waals surface area contributed by atoms with Crippen molar-refractivity contribution in [2.24, 2.45) is 4.99 Å². The van der Waals surface area contributed by atoms with Gasteiger partial charge in [-0.15, -0.1) is 24.0 Å². The first-order valence-electron chi connectivity index (χ1n) is 11.2. The predicted octanol–water partition coefficient (Wildman–Crippen LogP) is 1.77. The Morgan fingerprint density at radius 3 is 2.81 bits per heavy atom. The van der Waals surface area contributed by atoms with E-state index in [1.165, 1.54) is 0 Å². The topological polar surface area (TPSA) is 123 Å². The second kappa shape index (κ2) is 14.1. The van der Waals surface area contributed by atoms with Crippen LogP contribution in [0.25, 0.3) is 11.6 Å². The van der Waals surface area contributed by atoms with Crippen molar-refractivity contribution >= 4 is 35.8 Å². The molecule has 3 heterocycles. The summed E-state index contributed by atoms with van der Waals surface area (Å²) in [5.74, 6) is 2.91. The Morgan fingerprint density at radius 2 is 2.12 bits per heavy atom. The van der Waals surface area contributed by atoms with Gasteiger partial charge in [0, 0.05) is 45.2 Å². The van der Waals surface area contributed by atoms with Crippen molar-refractivity contribution in [3.8, 4) is 11.6 Å². The first-order chi connectivity index (χ1) is 15.2. The number of likely N-dealkylation sites (tertiary alicyclic amines) is 1. The third kappa shape index (κ3) is 8.41. The molecule has 3 rings (SSSR count). The van der Waals surface area contributed by atoms with E-state index in [-0.39, 0.29) is 29.9 Å². The van der Waals surface area contributed by atoms with Gasteiger partial charge >= 0.3 is 0 Å². The summed E-state index contributed by atoms with van der Waals surface area (Å²) in [6.45, 7) is 8.56. The summed E-state index contributed by atoms with van der Waals surface area (Å²) in [5, 5.41) is 16.9. The molecule has 1 aliphatic rings. The Balaban J connectivity index is 0.00000363. The van der Waals surface area contributed by atoms with Crippen molar-refractivity contribution in [1.82, 2.24) is 36.0 Å². The van der Waals surface area contributed by atoms with Crippen LogP contribution in [0, 0.1) is 0 Å². The van der Waals surface area contributed by atoms with Gasteiger partial charge in [-0.25, -0.2) is 4.98 Å². The van der Waals surface area contributed by atoms with Gasteiger partial charge in [-0.2, -0.15) is 5.10 Å². The first kappa shape index (κ1) is 26.1. The van der Waals surface area contributed by atoms with Crippen LogP contribution in [0.5, 0.6) is 0 Å². The van der Waals surface area contributed by atoms with Crippen LogP contribution >= 0.6 is 24.0 Å². The van der Waals surface area contributed by atoms with Crippen molar-refractivity contribution in [2.75, 3.05) is 39.3 Å². The molecule has 1 amide bonds. The summed E-state index contributed by atoms with van der Waals surface area (Å²) in [5.41, 5.74) is 0. The molecule has 0 atom stereocenters. The van der Waals surface area contributed by atoms with Crippen LogP contribution < -0.4 is 16.0 Å². The van der Waals surface area contributed by atoms with Crippen LogP contribution in [-0.4, -0.2) is 77.3 Å². The smallest absolute Gasteiger partial charge is 0.234 e. The summed E-state index contributed by atoms with van der Waals surface area (Å²) in [7, 11) is 0. The zero-order chi connectivity index (χ0) is 21.9. The summed E-state index contributed by atoms with van der Waals surface area (Å²) >= 11 is 0. The maximum absolute atomic E-state index is 11.9. The Kier molecular flexibility index (Phi) is 11.5. The van der Waals surface area contributed by atoms with Gasteiger partial charge in [0.1, 0.15) is 5.82 Å². The van der Waals surface area contributed by atoms with Gasteiger partial charge in [0.2, 0.25) is 11.7 Å². The van der Waals surface area contributed by atoms with Gasteiger partial charge in [-0.05, 0) is 38.3 Å². The van der Waals surface area contributed by atoms with E-state index in [0.29, 0.717) is 37.1 Å². The largest absolute Gasteiger partial charge is 0.461 e. The number of nitrogens with one attached hydrogen (secondary N) is 4. The molecule has 0 unspecified atom stereocenters. The minimum Gasteiger partial charge on any atom is -0.461 e. The van der Waals surface area contributed by atoms with Crippen LogP contribution in [-0.2, 0) is 11.2 Å². The molecule has 0 saturated carbocycles. The Hall–Kier alpha value is -2.15. The number of hydrogen-bond acceptors (Lipinski definition) is 6. The lowest BCUT2D eigenvalue weighted by molar-refractivity contribution is -0.122. The molecule has 1 aliphatic heterocycles. The van der Waals surface area contributed by atoms with Crippen molar-refractivity contribution in [3.63, 3.8) is 0 Å². The maximum Gasteiger partial charge on any atom is 0.234 e. The Morgan fingerprint density at radius 1 is 1.31 bits per heavy atom. The minimum absolute atomic E-state index is 0. The maximum atomic E-state index is 11.9. The number of hydrogen-bond donors (Lipinski definition) is 4. The van der Waals surface area contributed by atoms with E-state index in [4.69, 9.17) is 4.42 Å². The third-order valence-electron chi connectivity index (χ3n) is 5.10. The average molecular weight is 558 g/mol. The van der Waals surface area contributed by atoms with Crippen LogP contribution in [0.4, 0.5) is 0 Å². The number of guanidine groups is 1. The standard InChI is InChI=1S/C21H34N8O2.HI/c1-3-10-23-19(30)15-29-12-8-16(9-13-29)25-21(22-4-2)24-11-7-18-26-20(28-27-18)17-6-5-14-31-17;/h5-6,14,16H,3-4,7-13,15H2,1-2H3,(H,23,30)(H2,22,24,25)(H,26,27,28);1H. The summed E-state index contributed by atoms with van der Waals surface area (Å²) in [4.78, 5) is 23.3. The second-order valence-corrected chi connectivity index (χ2v) is 7.64. The van der Waals surface area contributed by atoms with Crippen molar-refractivity contribution < 1.29 is 9.21 Å². The lowest BCUT2D eigenvalue weighted by Gasteiger charge is -2.32. The van der Waals surface area contributed by atoms with Gasteiger partial charge in [-0.3, -0.25) is 19.8 Å². The monoisotopic (exact) mass is 558 g/mol. The quantitative estimate of drug-likeness (QED) is 0.199. The SMILES string of the molecule is CCCNC(=O)CN1CCC(NC(=NCCc2nc(-c3ccco3)n[nH]2)NCC)CC1.I. The van der Waals surface area contributed by atoms with E-state index >= 15 is 0 Å². The van der Waals surface area contributed by atoms with Gasteiger partial charge in [0.05, 0.1) is 12.8 Å². The van der Waals surface area contributed by atoms with E-state index in [0.717, 1.165) is 57.2 Å². The van der Waals surface area contributed by atoms with Gasteiger partial charge < -0.3 is 20.4 Å². The highest BCUT2D eigenvalue weighted by Gasteiger charge is 2.21. The third-order valence-corrected chi connectivity index (χ3v) is 5.10. The second-order valence-electron chi connectivity index (χ2n) is 7.64. The molecule has 1 saturated heterocycles. The van der Waals surface area contributed by atoms with Crippen molar-refractivity contribution in [2.45, 2.75) is 45.6 Å². The fourth-order valence-corrected chi connectivity index (χ4v) is 3.47. The zero-order valence-electron chi connectivity index (χ0n) is 18.9. The molecule has 2 aromatic heterocycles. The predicted molar refractivity (Wildman–Crippen MR) is 135 cm³/mol. The summed E-state index contributed by atoms with van der Waals surface area (Å²) in [6, 6.07) is 4.00. The summed E-state index contributed by atoms with van der Waals surface area (Å²) < 4.78 is 5.32. The van der Waals surface area contributed by atoms with Gasteiger partial charge in [0.15, 0.2) is 11.7 Å².